The van der Waals surface area contributed by atoms with Crippen molar-refractivity contribution in [2.24, 2.45) is 11.3 Å². The zero-order chi connectivity index (χ0) is 14.1. The molecule has 114 valence electrons. The first-order valence-electron chi connectivity index (χ1n) is 8.02. The Morgan fingerprint density at radius 1 is 1.16 bits per heavy atom. The quantitative estimate of drug-likeness (QED) is 0.634. The predicted octanol–water partition coefficient (Wildman–Crippen LogP) is 2.97. The molecule has 0 aliphatic heterocycles. The van der Waals surface area contributed by atoms with Gasteiger partial charge in [0.15, 0.2) is 0 Å². The van der Waals surface area contributed by atoms with E-state index in [1.807, 2.05) is 0 Å². The molecule has 0 saturated heterocycles. The van der Waals surface area contributed by atoms with Gasteiger partial charge in [-0.1, -0.05) is 27.2 Å². The van der Waals surface area contributed by atoms with E-state index in [9.17, 15) is 0 Å². The van der Waals surface area contributed by atoms with Gasteiger partial charge in [-0.3, -0.25) is 0 Å². The Morgan fingerprint density at radius 2 is 1.84 bits per heavy atom. The van der Waals surface area contributed by atoms with Crippen LogP contribution in [0.1, 0.15) is 59.3 Å². The van der Waals surface area contributed by atoms with Crippen molar-refractivity contribution in [1.29, 1.82) is 0 Å². The maximum atomic E-state index is 8.60. The van der Waals surface area contributed by atoms with Crippen molar-refractivity contribution in [3.05, 3.63) is 0 Å². The van der Waals surface area contributed by atoms with Crippen LogP contribution in [0.4, 0.5) is 0 Å². The molecule has 0 aromatic rings. The van der Waals surface area contributed by atoms with Crippen LogP contribution in [-0.4, -0.2) is 37.5 Å². The van der Waals surface area contributed by atoms with Crippen molar-refractivity contribution in [3.8, 4) is 0 Å². The SMILES string of the molecule is CCC(C)(C)C1CCC(NCCCOCCO)CC1. The van der Waals surface area contributed by atoms with Gasteiger partial charge >= 0.3 is 0 Å². The highest BCUT2D eigenvalue weighted by molar-refractivity contribution is 4.84. The van der Waals surface area contributed by atoms with Crippen LogP contribution in [-0.2, 0) is 4.74 Å². The Balaban J connectivity index is 2.07. The first-order chi connectivity index (χ1) is 9.10. The maximum Gasteiger partial charge on any atom is 0.0697 e. The number of hydrogen-bond acceptors (Lipinski definition) is 3. The monoisotopic (exact) mass is 271 g/mol. The lowest BCUT2D eigenvalue weighted by Crippen LogP contribution is -2.37. The van der Waals surface area contributed by atoms with E-state index >= 15 is 0 Å². The summed E-state index contributed by atoms with van der Waals surface area (Å²) in [5, 5.41) is 12.2. The topological polar surface area (TPSA) is 41.5 Å². The third kappa shape index (κ3) is 6.24. The van der Waals surface area contributed by atoms with Crippen LogP contribution in [0, 0.1) is 11.3 Å². The molecule has 0 aromatic heterocycles. The Morgan fingerprint density at radius 3 is 2.42 bits per heavy atom. The highest BCUT2D eigenvalue weighted by Gasteiger charge is 2.31. The molecule has 0 atom stereocenters. The summed E-state index contributed by atoms with van der Waals surface area (Å²) in [5.41, 5.74) is 0.517. The van der Waals surface area contributed by atoms with Crippen molar-refractivity contribution in [2.45, 2.75) is 65.3 Å². The van der Waals surface area contributed by atoms with E-state index < -0.39 is 0 Å². The second-order valence-corrected chi connectivity index (χ2v) is 6.53. The number of ether oxygens (including phenoxy) is 1. The summed E-state index contributed by atoms with van der Waals surface area (Å²) >= 11 is 0. The van der Waals surface area contributed by atoms with Crippen LogP contribution >= 0.6 is 0 Å². The Kier molecular flexibility index (Phi) is 7.96. The van der Waals surface area contributed by atoms with E-state index in [1.165, 1.54) is 32.1 Å². The Labute approximate surface area is 119 Å². The molecule has 0 amide bonds. The van der Waals surface area contributed by atoms with Crippen LogP contribution < -0.4 is 5.32 Å². The van der Waals surface area contributed by atoms with Crippen LogP contribution in [0.25, 0.3) is 0 Å². The fraction of sp³-hybridized carbons (Fsp3) is 1.00. The van der Waals surface area contributed by atoms with Gasteiger partial charge in [0.2, 0.25) is 0 Å². The van der Waals surface area contributed by atoms with Crippen molar-refractivity contribution >= 4 is 0 Å². The second-order valence-electron chi connectivity index (χ2n) is 6.53. The minimum atomic E-state index is 0.130. The molecule has 0 spiro atoms. The molecule has 3 nitrogen and oxygen atoms in total. The van der Waals surface area contributed by atoms with Crippen LogP contribution in [0.3, 0.4) is 0 Å². The van der Waals surface area contributed by atoms with Crippen LogP contribution in [0.15, 0.2) is 0 Å². The summed E-state index contributed by atoms with van der Waals surface area (Å²) in [6.07, 6.45) is 7.73. The van der Waals surface area contributed by atoms with Gasteiger partial charge in [0.05, 0.1) is 13.2 Å². The van der Waals surface area contributed by atoms with Crippen molar-refractivity contribution in [3.63, 3.8) is 0 Å². The normalized spacial score (nSPS) is 24.6. The molecule has 2 N–H and O–H groups in total. The summed E-state index contributed by atoms with van der Waals surface area (Å²) < 4.78 is 5.26. The average Bonchev–Trinajstić information content (AvgIpc) is 2.43. The largest absolute Gasteiger partial charge is 0.394 e. The van der Waals surface area contributed by atoms with Gasteiger partial charge in [-0.15, -0.1) is 0 Å². The van der Waals surface area contributed by atoms with Gasteiger partial charge in [0.1, 0.15) is 0 Å². The number of rotatable bonds is 9. The summed E-state index contributed by atoms with van der Waals surface area (Å²) in [7, 11) is 0. The van der Waals surface area contributed by atoms with Crippen LogP contribution in [0.5, 0.6) is 0 Å². The first kappa shape index (κ1) is 16.9. The van der Waals surface area contributed by atoms with E-state index in [0.717, 1.165) is 25.5 Å². The third-order valence-electron chi connectivity index (χ3n) is 4.88. The molecule has 0 bridgehead atoms. The van der Waals surface area contributed by atoms with Gasteiger partial charge < -0.3 is 15.2 Å². The molecule has 19 heavy (non-hydrogen) atoms. The lowest BCUT2D eigenvalue weighted by molar-refractivity contribution is 0.0892. The van der Waals surface area contributed by atoms with E-state index in [2.05, 4.69) is 26.1 Å². The van der Waals surface area contributed by atoms with Crippen LogP contribution in [0.2, 0.25) is 0 Å². The molecule has 1 rings (SSSR count). The van der Waals surface area contributed by atoms with Gasteiger partial charge in [-0.05, 0) is 50.0 Å². The lowest BCUT2D eigenvalue weighted by Gasteiger charge is -2.39. The van der Waals surface area contributed by atoms with Gasteiger partial charge in [0.25, 0.3) is 0 Å². The van der Waals surface area contributed by atoms with Crippen molar-refractivity contribution < 1.29 is 9.84 Å². The first-order valence-corrected chi connectivity index (χ1v) is 8.02. The summed E-state index contributed by atoms with van der Waals surface area (Å²) in [4.78, 5) is 0. The van der Waals surface area contributed by atoms with Crippen molar-refractivity contribution in [2.75, 3.05) is 26.4 Å². The highest BCUT2D eigenvalue weighted by Crippen LogP contribution is 2.40. The number of aliphatic hydroxyl groups is 1. The molecule has 0 heterocycles. The average molecular weight is 271 g/mol. The minimum absolute atomic E-state index is 0.130. The molecule has 3 heteroatoms. The molecule has 1 aliphatic carbocycles. The molecular weight excluding hydrogens is 238 g/mol. The minimum Gasteiger partial charge on any atom is -0.394 e. The number of hydrogen-bond donors (Lipinski definition) is 2. The van der Waals surface area contributed by atoms with Gasteiger partial charge in [-0.25, -0.2) is 0 Å². The number of nitrogens with one attached hydrogen (secondary N) is 1. The third-order valence-corrected chi connectivity index (χ3v) is 4.88. The standard InChI is InChI=1S/C16H33NO2/c1-4-16(2,3)14-6-8-15(9-7-14)17-10-5-12-19-13-11-18/h14-15,17-18H,4-13H2,1-3H3. The molecule has 0 unspecified atom stereocenters. The smallest absolute Gasteiger partial charge is 0.0697 e. The molecular formula is C16H33NO2. The lowest BCUT2D eigenvalue weighted by atomic mass is 9.69. The highest BCUT2D eigenvalue weighted by atomic mass is 16.5. The molecule has 1 fully saturated rings. The maximum absolute atomic E-state index is 8.60. The predicted molar refractivity (Wildman–Crippen MR) is 80.3 cm³/mol. The fourth-order valence-electron chi connectivity index (χ4n) is 3.01. The zero-order valence-corrected chi connectivity index (χ0v) is 13.1. The molecule has 1 saturated carbocycles. The summed E-state index contributed by atoms with van der Waals surface area (Å²) in [5.74, 6) is 0.906. The van der Waals surface area contributed by atoms with E-state index in [1.54, 1.807) is 0 Å². The second kappa shape index (κ2) is 8.93. The van der Waals surface area contributed by atoms with Crippen molar-refractivity contribution in [1.82, 2.24) is 5.32 Å². The van der Waals surface area contributed by atoms with E-state index in [0.29, 0.717) is 18.1 Å². The summed E-state index contributed by atoms with van der Waals surface area (Å²) in [6.45, 7) is 9.55. The molecule has 1 aliphatic rings. The van der Waals surface area contributed by atoms with E-state index in [-0.39, 0.29) is 6.61 Å². The molecule has 0 radical (unpaired) electrons. The Bertz CT molecular complexity index is 223. The number of aliphatic hydroxyl groups excluding tert-OH is 1. The fourth-order valence-corrected chi connectivity index (χ4v) is 3.01. The van der Waals surface area contributed by atoms with Gasteiger partial charge in [0, 0.05) is 12.6 Å². The van der Waals surface area contributed by atoms with Gasteiger partial charge in [-0.2, -0.15) is 0 Å². The summed E-state index contributed by atoms with van der Waals surface area (Å²) in [6, 6.07) is 0.710. The van der Waals surface area contributed by atoms with E-state index in [4.69, 9.17) is 9.84 Å². The zero-order valence-electron chi connectivity index (χ0n) is 13.1. The molecule has 0 aromatic carbocycles. The Hall–Kier alpha value is -0.120.